The third-order valence-corrected chi connectivity index (χ3v) is 2.11. The van der Waals surface area contributed by atoms with E-state index in [4.69, 9.17) is 0 Å². The molecule has 1 rings (SSSR count). The maximum atomic E-state index is 10.6. The fourth-order valence-electron chi connectivity index (χ4n) is 1.38. The van der Waals surface area contributed by atoms with Gasteiger partial charge in [-0.05, 0) is 32.4 Å². The van der Waals surface area contributed by atoms with Crippen LogP contribution in [-0.4, -0.2) is 11.5 Å². The molecule has 0 saturated heterocycles. The predicted molar refractivity (Wildman–Crippen MR) is 56.7 cm³/mol. The Morgan fingerprint density at radius 2 is 2.00 bits per heavy atom. The van der Waals surface area contributed by atoms with Crippen molar-refractivity contribution in [3.63, 3.8) is 0 Å². The summed E-state index contributed by atoms with van der Waals surface area (Å²) >= 11 is 0. The highest BCUT2D eigenvalue weighted by atomic mass is 16.6. The SMILES string of the molecule is CCNc1cc(C)c([N+](=O)[O-])cc1C. The van der Waals surface area contributed by atoms with Crippen molar-refractivity contribution in [2.24, 2.45) is 0 Å². The largest absolute Gasteiger partial charge is 0.385 e. The maximum Gasteiger partial charge on any atom is 0.272 e. The van der Waals surface area contributed by atoms with Gasteiger partial charge in [0, 0.05) is 23.9 Å². The highest BCUT2D eigenvalue weighted by Gasteiger charge is 2.12. The molecule has 0 amide bonds. The summed E-state index contributed by atoms with van der Waals surface area (Å²) in [6.07, 6.45) is 0. The summed E-state index contributed by atoms with van der Waals surface area (Å²) in [4.78, 5) is 10.3. The van der Waals surface area contributed by atoms with Crippen LogP contribution < -0.4 is 5.32 Å². The van der Waals surface area contributed by atoms with Gasteiger partial charge in [0.1, 0.15) is 0 Å². The molecule has 4 nitrogen and oxygen atoms in total. The van der Waals surface area contributed by atoms with Crippen molar-refractivity contribution in [3.8, 4) is 0 Å². The van der Waals surface area contributed by atoms with Gasteiger partial charge in [-0.1, -0.05) is 0 Å². The van der Waals surface area contributed by atoms with E-state index in [1.807, 2.05) is 19.9 Å². The summed E-state index contributed by atoms with van der Waals surface area (Å²) in [5, 5.41) is 13.8. The standard InChI is InChI=1S/C10H14N2O2/c1-4-11-9-5-8(3)10(12(13)14)6-7(9)2/h5-6,11H,4H2,1-3H3. The molecule has 0 unspecified atom stereocenters. The van der Waals surface area contributed by atoms with E-state index in [0.29, 0.717) is 5.56 Å². The average Bonchev–Trinajstić information content (AvgIpc) is 2.10. The van der Waals surface area contributed by atoms with E-state index >= 15 is 0 Å². The third kappa shape index (κ3) is 2.02. The van der Waals surface area contributed by atoms with Gasteiger partial charge in [-0.25, -0.2) is 0 Å². The van der Waals surface area contributed by atoms with E-state index in [0.717, 1.165) is 17.8 Å². The summed E-state index contributed by atoms with van der Waals surface area (Å²) in [5.41, 5.74) is 2.75. The molecule has 0 radical (unpaired) electrons. The van der Waals surface area contributed by atoms with Gasteiger partial charge in [0.2, 0.25) is 0 Å². The number of aryl methyl sites for hydroxylation is 2. The Morgan fingerprint density at radius 1 is 1.36 bits per heavy atom. The van der Waals surface area contributed by atoms with E-state index in [-0.39, 0.29) is 10.6 Å². The molecule has 14 heavy (non-hydrogen) atoms. The molecule has 1 aromatic carbocycles. The van der Waals surface area contributed by atoms with Crippen LogP contribution in [0.1, 0.15) is 18.1 Å². The van der Waals surface area contributed by atoms with Gasteiger partial charge < -0.3 is 5.32 Å². The van der Waals surface area contributed by atoms with Crippen LogP contribution in [0.3, 0.4) is 0 Å². The number of hydrogen-bond acceptors (Lipinski definition) is 3. The van der Waals surface area contributed by atoms with Crippen LogP contribution in [0.4, 0.5) is 11.4 Å². The van der Waals surface area contributed by atoms with E-state index in [9.17, 15) is 10.1 Å². The van der Waals surface area contributed by atoms with E-state index in [2.05, 4.69) is 5.32 Å². The minimum atomic E-state index is -0.349. The predicted octanol–water partition coefficient (Wildman–Crippen LogP) is 2.64. The number of nitro groups is 1. The van der Waals surface area contributed by atoms with Crippen molar-refractivity contribution in [2.75, 3.05) is 11.9 Å². The van der Waals surface area contributed by atoms with Gasteiger partial charge in [-0.3, -0.25) is 10.1 Å². The van der Waals surface area contributed by atoms with Gasteiger partial charge in [0.15, 0.2) is 0 Å². The summed E-state index contributed by atoms with van der Waals surface area (Å²) in [6.45, 7) is 6.43. The average molecular weight is 194 g/mol. The first-order valence-corrected chi connectivity index (χ1v) is 4.55. The van der Waals surface area contributed by atoms with Gasteiger partial charge >= 0.3 is 0 Å². The minimum Gasteiger partial charge on any atom is -0.385 e. The summed E-state index contributed by atoms with van der Waals surface area (Å²) in [7, 11) is 0. The number of nitrogens with one attached hydrogen (secondary N) is 1. The van der Waals surface area contributed by atoms with Gasteiger partial charge in [-0.15, -0.1) is 0 Å². The lowest BCUT2D eigenvalue weighted by Crippen LogP contribution is -2.01. The molecule has 0 aliphatic heterocycles. The molecule has 0 fully saturated rings. The Hall–Kier alpha value is -1.58. The Labute approximate surface area is 83.1 Å². The molecule has 0 aromatic heterocycles. The molecule has 0 heterocycles. The topological polar surface area (TPSA) is 55.2 Å². The van der Waals surface area contributed by atoms with Crippen LogP contribution in [0.2, 0.25) is 0 Å². The third-order valence-electron chi connectivity index (χ3n) is 2.11. The lowest BCUT2D eigenvalue weighted by molar-refractivity contribution is -0.385. The van der Waals surface area contributed by atoms with Crippen molar-refractivity contribution in [1.29, 1.82) is 0 Å². The van der Waals surface area contributed by atoms with Gasteiger partial charge in [-0.2, -0.15) is 0 Å². The highest BCUT2D eigenvalue weighted by molar-refractivity contribution is 5.59. The zero-order valence-electron chi connectivity index (χ0n) is 8.63. The van der Waals surface area contributed by atoms with E-state index < -0.39 is 0 Å². The van der Waals surface area contributed by atoms with Crippen LogP contribution in [0.5, 0.6) is 0 Å². The second-order valence-corrected chi connectivity index (χ2v) is 3.24. The van der Waals surface area contributed by atoms with Crippen molar-refractivity contribution >= 4 is 11.4 Å². The van der Waals surface area contributed by atoms with Crippen LogP contribution in [0.25, 0.3) is 0 Å². The summed E-state index contributed by atoms with van der Waals surface area (Å²) in [6, 6.07) is 3.42. The maximum absolute atomic E-state index is 10.6. The van der Waals surface area contributed by atoms with E-state index in [1.165, 1.54) is 0 Å². The van der Waals surface area contributed by atoms with Gasteiger partial charge in [0.05, 0.1) is 4.92 Å². The normalized spacial score (nSPS) is 9.93. The van der Waals surface area contributed by atoms with Crippen molar-refractivity contribution in [1.82, 2.24) is 0 Å². The molecule has 1 aromatic rings. The molecule has 0 aliphatic carbocycles. The summed E-state index contributed by atoms with van der Waals surface area (Å²) < 4.78 is 0. The zero-order valence-corrected chi connectivity index (χ0v) is 8.63. The molecule has 4 heteroatoms. The first kappa shape index (κ1) is 10.5. The summed E-state index contributed by atoms with van der Waals surface area (Å²) in [5.74, 6) is 0. The Kier molecular flexibility index (Phi) is 3.06. The number of anilines is 1. The fourth-order valence-corrected chi connectivity index (χ4v) is 1.38. The number of nitrogens with zero attached hydrogens (tertiary/aromatic N) is 1. The molecule has 0 spiro atoms. The van der Waals surface area contributed by atoms with Gasteiger partial charge in [0.25, 0.3) is 5.69 Å². The van der Waals surface area contributed by atoms with Crippen molar-refractivity contribution in [3.05, 3.63) is 33.4 Å². The Bertz CT molecular complexity index is 361. The quantitative estimate of drug-likeness (QED) is 0.594. The van der Waals surface area contributed by atoms with Crippen LogP contribution in [0, 0.1) is 24.0 Å². The fraction of sp³-hybridized carbons (Fsp3) is 0.400. The Balaban J connectivity index is 3.17. The second-order valence-electron chi connectivity index (χ2n) is 3.24. The zero-order chi connectivity index (χ0) is 10.7. The smallest absolute Gasteiger partial charge is 0.272 e. The number of nitro benzene ring substituents is 1. The lowest BCUT2D eigenvalue weighted by atomic mass is 10.1. The molecule has 76 valence electrons. The second kappa shape index (κ2) is 4.09. The molecule has 0 aliphatic rings. The molecule has 0 saturated carbocycles. The van der Waals surface area contributed by atoms with E-state index in [1.54, 1.807) is 13.0 Å². The van der Waals surface area contributed by atoms with Crippen LogP contribution in [0.15, 0.2) is 12.1 Å². The van der Waals surface area contributed by atoms with Crippen molar-refractivity contribution < 1.29 is 4.92 Å². The van der Waals surface area contributed by atoms with Crippen molar-refractivity contribution in [2.45, 2.75) is 20.8 Å². The minimum absolute atomic E-state index is 0.184. The first-order chi connectivity index (χ1) is 6.56. The molecule has 0 atom stereocenters. The number of hydrogen-bond donors (Lipinski definition) is 1. The van der Waals surface area contributed by atoms with Crippen LogP contribution >= 0.6 is 0 Å². The molecular weight excluding hydrogens is 180 g/mol. The molecular formula is C10H14N2O2. The number of rotatable bonds is 3. The van der Waals surface area contributed by atoms with Crippen LogP contribution in [-0.2, 0) is 0 Å². The monoisotopic (exact) mass is 194 g/mol. The lowest BCUT2D eigenvalue weighted by Gasteiger charge is -2.08. The number of benzene rings is 1. The Morgan fingerprint density at radius 3 is 2.50 bits per heavy atom. The molecule has 1 N–H and O–H groups in total. The molecule has 0 bridgehead atoms. The first-order valence-electron chi connectivity index (χ1n) is 4.55. The highest BCUT2D eigenvalue weighted by Crippen LogP contribution is 2.25.